The molecule has 1 aromatic rings. The van der Waals surface area contributed by atoms with E-state index in [9.17, 15) is 0 Å². The van der Waals surface area contributed by atoms with E-state index in [0.29, 0.717) is 0 Å². The van der Waals surface area contributed by atoms with Crippen LogP contribution in [0.25, 0.3) is 0 Å². The average Bonchev–Trinajstić information content (AvgIpc) is 2.18. The van der Waals surface area contributed by atoms with Gasteiger partial charge in [0.1, 0.15) is 12.4 Å². The zero-order valence-electron chi connectivity index (χ0n) is 8.66. The van der Waals surface area contributed by atoms with Crippen LogP contribution < -0.4 is 15.4 Å². The quantitative estimate of drug-likeness (QED) is 0.733. The molecule has 14 heavy (non-hydrogen) atoms. The van der Waals surface area contributed by atoms with E-state index >= 15 is 0 Å². The molecular formula is C11H16N2O. The topological polar surface area (TPSA) is 38.5 Å². The summed E-state index contributed by atoms with van der Waals surface area (Å²) in [5.41, 5.74) is 8.13. The Morgan fingerprint density at radius 2 is 2.29 bits per heavy atom. The van der Waals surface area contributed by atoms with Gasteiger partial charge in [0.15, 0.2) is 0 Å². The van der Waals surface area contributed by atoms with Crippen molar-refractivity contribution in [3.63, 3.8) is 0 Å². The predicted molar refractivity (Wildman–Crippen MR) is 57.8 cm³/mol. The first-order chi connectivity index (χ1) is 6.68. The summed E-state index contributed by atoms with van der Waals surface area (Å²) in [7, 11) is 2.08. The normalized spacial score (nSPS) is 17.2. The second-order valence-corrected chi connectivity index (χ2v) is 3.79. The molecule has 0 bridgehead atoms. The van der Waals surface area contributed by atoms with E-state index in [4.69, 9.17) is 10.5 Å². The van der Waals surface area contributed by atoms with Gasteiger partial charge in [-0.2, -0.15) is 0 Å². The molecule has 0 radical (unpaired) electrons. The Morgan fingerprint density at radius 1 is 1.50 bits per heavy atom. The molecule has 0 spiro atoms. The lowest BCUT2D eigenvalue weighted by molar-refractivity contribution is 0.311. The molecular weight excluding hydrogens is 176 g/mol. The summed E-state index contributed by atoms with van der Waals surface area (Å²) in [5.74, 6) is 0.961. The van der Waals surface area contributed by atoms with Crippen molar-refractivity contribution in [3.05, 3.63) is 23.8 Å². The number of likely N-dealkylation sites (N-methyl/N-ethyl adjacent to an activating group) is 1. The third-order valence-corrected chi connectivity index (χ3v) is 2.60. The Hall–Kier alpha value is -1.22. The summed E-state index contributed by atoms with van der Waals surface area (Å²) in [6.07, 6.45) is 0. The third-order valence-electron chi connectivity index (χ3n) is 2.60. The molecule has 2 rings (SSSR count). The van der Waals surface area contributed by atoms with E-state index in [1.165, 1.54) is 0 Å². The standard InChI is InChI=1S/C11H16N2O/c1-8(12)9-3-4-11-10(7-9)13(2)5-6-14-11/h3-4,7-8H,5-6,12H2,1-2H3/t8-/m0/s1. The van der Waals surface area contributed by atoms with Gasteiger partial charge in [-0.25, -0.2) is 0 Å². The molecule has 1 aliphatic rings. The minimum atomic E-state index is 0.0793. The fourth-order valence-corrected chi connectivity index (χ4v) is 1.65. The molecule has 1 heterocycles. The van der Waals surface area contributed by atoms with Gasteiger partial charge in [0.05, 0.1) is 12.2 Å². The smallest absolute Gasteiger partial charge is 0.142 e. The lowest BCUT2D eigenvalue weighted by atomic mass is 10.1. The number of benzene rings is 1. The second kappa shape index (κ2) is 3.50. The molecule has 76 valence electrons. The van der Waals surface area contributed by atoms with E-state index in [-0.39, 0.29) is 6.04 Å². The fraction of sp³-hybridized carbons (Fsp3) is 0.455. The molecule has 0 unspecified atom stereocenters. The summed E-state index contributed by atoms with van der Waals surface area (Å²) in [6.45, 7) is 3.70. The largest absolute Gasteiger partial charge is 0.490 e. The first kappa shape index (κ1) is 9.34. The van der Waals surface area contributed by atoms with Gasteiger partial charge < -0.3 is 15.4 Å². The van der Waals surface area contributed by atoms with Crippen molar-refractivity contribution in [3.8, 4) is 5.75 Å². The molecule has 3 nitrogen and oxygen atoms in total. The van der Waals surface area contributed by atoms with Crippen molar-refractivity contribution < 1.29 is 4.74 Å². The second-order valence-electron chi connectivity index (χ2n) is 3.79. The van der Waals surface area contributed by atoms with Crippen LogP contribution in [0.5, 0.6) is 5.75 Å². The summed E-state index contributed by atoms with van der Waals surface area (Å²) in [5, 5.41) is 0. The van der Waals surface area contributed by atoms with E-state index in [1.807, 2.05) is 19.1 Å². The van der Waals surface area contributed by atoms with Gasteiger partial charge in [-0.05, 0) is 24.6 Å². The maximum atomic E-state index is 5.83. The summed E-state index contributed by atoms with van der Waals surface area (Å²) in [4.78, 5) is 2.20. The summed E-state index contributed by atoms with van der Waals surface area (Å²) in [6, 6.07) is 6.22. The van der Waals surface area contributed by atoms with Gasteiger partial charge >= 0.3 is 0 Å². The van der Waals surface area contributed by atoms with Gasteiger partial charge in [-0.3, -0.25) is 0 Å². The van der Waals surface area contributed by atoms with Crippen molar-refractivity contribution in [2.24, 2.45) is 5.73 Å². The lowest BCUT2D eigenvalue weighted by Gasteiger charge is -2.28. The van der Waals surface area contributed by atoms with Crippen LogP contribution in [0.3, 0.4) is 0 Å². The van der Waals surface area contributed by atoms with Crippen LogP contribution in [0.2, 0.25) is 0 Å². The van der Waals surface area contributed by atoms with Crippen LogP contribution in [0.15, 0.2) is 18.2 Å². The fourth-order valence-electron chi connectivity index (χ4n) is 1.65. The molecule has 1 aromatic carbocycles. The van der Waals surface area contributed by atoms with Crippen LogP contribution in [0.1, 0.15) is 18.5 Å². The molecule has 1 atom stereocenters. The minimum Gasteiger partial charge on any atom is -0.490 e. The predicted octanol–water partition coefficient (Wildman–Crippen LogP) is 1.53. The van der Waals surface area contributed by atoms with Crippen LogP contribution in [0, 0.1) is 0 Å². The number of ether oxygens (including phenoxy) is 1. The van der Waals surface area contributed by atoms with Crippen LogP contribution in [-0.4, -0.2) is 20.2 Å². The average molecular weight is 192 g/mol. The van der Waals surface area contributed by atoms with Crippen molar-refractivity contribution in [2.75, 3.05) is 25.1 Å². The van der Waals surface area contributed by atoms with E-state index in [0.717, 1.165) is 30.2 Å². The molecule has 1 aliphatic heterocycles. The number of anilines is 1. The van der Waals surface area contributed by atoms with Gasteiger partial charge in [0.25, 0.3) is 0 Å². The molecule has 0 aromatic heterocycles. The highest BCUT2D eigenvalue weighted by molar-refractivity contribution is 5.61. The zero-order valence-corrected chi connectivity index (χ0v) is 8.66. The maximum absolute atomic E-state index is 5.83. The number of nitrogens with two attached hydrogens (primary N) is 1. The van der Waals surface area contributed by atoms with E-state index < -0.39 is 0 Å². The highest BCUT2D eigenvalue weighted by Crippen LogP contribution is 2.32. The van der Waals surface area contributed by atoms with Gasteiger partial charge in [0, 0.05) is 13.1 Å². The number of hydrogen-bond acceptors (Lipinski definition) is 3. The molecule has 2 N–H and O–H groups in total. The van der Waals surface area contributed by atoms with Crippen molar-refractivity contribution >= 4 is 5.69 Å². The number of rotatable bonds is 1. The first-order valence-electron chi connectivity index (χ1n) is 4.92. The van der Waals surface area contributed by atoms with Gasteiger partial charge in [-0.15, -0.1) is 0 Å². The Morgan fingerprint density at radius 3 is 3.00 bits per heavy atom. The van der Waals surface area contributed by atoms with E-state index in [1.54, 1.807) is 0 Å². The monoisotopic (exact) mass is 192 g/mol. The van der Waals surface area contributed by atoms with Crippen molar-refractivity contribution in [2.45, 2.75) is 13.0 Å². The lowest BCUT2D eigenvalue weighted by Crippen LogP contribution is -2.29. The molecule has 0 fully saturated rings. The molecule has 0 saturated carbocycles. The highest BCUT2D eigenvalue weighted by atomic mass is 16.5. The Balaban J connectivity index is 2.41. The SMILES string of the molecule is C[C@H](N)c1ccc2c(c1)N(C)CCO2. The van der Waals surface area contributed by atoms with Crippen LogP contribution in [0.4, 0.5) is 5.69 Å². The highest BCUT2D eigenvalue weighted by Gasteiger charge is 2.15. The van der Waals surface area contributed by atoms with Gasteiger partial charge in [-0.1, -0.05) is 6.07 Å². The molecule has 0 amide bonds. The van der Waals surface area contributed by atoms with Gasteiger partial charge in [0.2, 0.25) is 0 Å². The van der Waals surface area contributed by atoms with Crippen molar-refractivity contribution in [1.82, 2.24) is 0 Å². The van der Waals surface area contributed by atoms with E-state index in [2.05, 4.69) is 18.0 Å². The zero-order chi connectivity index (χ0) is 10.1. The Bertz CT molecular complexity index is 336. The number of nitrogens with zero attached hydrogens (tertiary/aromatic N) is 1. The summed E-state index contributed by atoms with van der Waals surface area (Å²) < 4.78 is 5.55. The first-order valence-corrected chi connectivity index (χ1v) is 4.92. The van der Waals surface area contributed by atoms with Crippen LogP contribution in [-0.2, 0) is 0 Å². The number of fused-ring (bicyclic) bond motifs is 1. The maximum Gasteiger partial charge on any atom is 0.142 e. The van der Waals surface area contributed by atoms with Crippen LogP contribution >= 0.6 is 0 Å². The molecule has 3 heteroatoms. The third kappa shape index (κ3) is 1.55. The summed E-state index contributed by atoms with van der Waals surface area (Å²) >= 11 is 0. The minimum absolute atomic E-state index is 0.0793. The Labute approximate surface area is 84.5 Å². The Kier molecular flexibility index (Phi) is 2.33. The molecule has 0 saturated heterocycles. The molecule has 0 aliphatic carbocycles. The number of hydrogen-bond donors (Lipinski definition) is 1. The van der Waals surface area contributed by atoms with Crippen molar-refractivity contribution in [1.29, 1.82) is 0 Å².